The number of benzene rings is 3. The average Bonchev–Trinajstić information content (AvgIpc) is 3.27. The number of rotatable bonds is 9. The number of fused-ring (bicyclic) bond motifs is 1. The van der Waals surface area contributed by atoms with Gasteiger partial charge in [-0.2, -0.15) is 0 Å². The number of hydrogen-bond donors (Lipinski definition) is 0. The summed E-state index contributed by atoms with van der Waals surface area (Å²) in [5, 5.41) is 2.11. The maximum absolute atomic E-state index is 13.6. The Morgan fingerprint density at radius 2 is 1.51 bits per heavy atom. The van der Waals surface area contributed by atoms with E-state index < -0.39 is 0 Å². The molecule has 0 radical (unpaired) electrons. The van der Waals surface area contributed by atoms with E-state index in [-0.39, 0.29) is 24.3 Å². The molecule has 0 N–H and O–H groups in total. The summed E-state index contributed by atoms with van der Waals surface area (Å²) in [6, 6.07) is 27.7. The molecule has 0 atom stereocenters. The van der Waals surface area contributed by atoms with Crippen molar-refractivity contribution in [1.29, 1.82) is 0 Å². The minimum Gasteiger partial charge on any atom is -0.353 e. The van der Waals surface area contributed by atoms with E-state index in [4.69, 9.17) is 0 Å². The molecule has 0 fully saturated rings. The van der Waals surface area contributed by atoms with Crippen molar-refractivity contribution in [3.63, 3.8) is 0 Å². The van der Waals surface area contributed by atoms with Gasteiger partial charge in [0.15, 0.2) is 0 Å². The highest BCUT2D eigenvalue weighted by molar-refractivity contribution is 6.00. The lowest BCUT2D eigenvalue weighted by Crippen LogP contribution is -2.44. The van der Waals surface area contributed by atoms with Crippen molar-refractivity contribution in [1.82, 2.24) is 14.4 Å². The first-order valence-corrected chi connectivity index (χ1v) is 12.1. The van der Waals surface area contributed by atoms with E-state index in [0.717, 1.165) is 22.0 Å². The Morgan fingerprint density at radius 3 is 2.20 bits per heavy atom. The molecule has 0 saturated carbocycles. The van der Waals surface area contributed by atoms with Crippen LogP contribution >= 0.6 is 0 Å². The molecule has 0 aliphatic carbocycles. The maximum Gasteiger partial charge on any atom is 0.254 e. The summed E-state index contributed by atoms with van der Waals surface area (Å²) in [4.78, 5) is 30.7. The SMILES string of the molecule is CC(C)CN(CC(=O)N(Cc1ccccc1)Cc1cccn1C)C(=O)c1ccc2ccccc2c1. The molecule has 1 heterocycles. The fraction of sp³-hybridized carbons (Fsp3) is 0.267. The second-order valence-electron chi connectivity index (χ2n) is 9.49. The van der Waals surface area contributed by atoms with Gasteiger partial charge in [0.2, 0.25) is 5.91 Å². The summed E-state index contributed by atoms with van der Waals surface area (Å²) in [7, 11) is 1.98. The maximum atomic E-state index is 13.6. The second kappa shape index (κ2) is 11.0. The highest BCUT2D eigenvalue weighted by Crippen LogP contribution is 2.18. The largest absolute Gasteiger partial charge is 0.353 e. The number of aryl methyl sites for hydroxylation is 1. The predicted molar refractivity (Wildman–Crippen MR) is 141 cm³/mol. The van der Waals surface area contributed by atoms with Crippen molar-refractivity contribution in [3.8, 4) is 0 Å². The molecular formula is C30H33N3O2. The highest BCUT2D eigenvalue weighted by Gasteiger charge is 2.24. The van der Waals surface area contributed by atoms with Crippen molar-refractivity contribution in [2.75, 3.05) is 13.1 Å². The van der Waals surface area contributed by atoms with Crippen LogP contribution in [-0.2, 0) is 24.9 Å². The van der Waals surface area contributed by atoms with Gasteiger partial charge in [0.1, 0.15) is 6.54 Å². The topological polar surface area (TPSA) is 45.6 Å². The van der Waals surface area contributed by atoms with Gasteiger partial charge in [-0.3, -0.25) is 9.59 Å². The number of aromatic nitrogens is 1. The van der Waals surface area contributed by atoms with E-state index in [1.807, 2.05) is 108 Å². The van der Waals surface area contributed by atoms with Gasteiger partial charge in [-0.05, 0) is 46.5 Å². The second-order valence-corrected chi connectivity index (χ2v) is 9.49. The number of hydrogen-bond acceptors (Lipinski definition) is 2. The van der Waals surface area contributed by atoms with Crippen molar-refractivity contribution in [2.24, 2.45) is 13.0 Å². The van der Waals surface area contributed by atoms with Crippen LogP contribution in [0.2, 0.25) is 0 Å². The summed E-state index contributed by atoms with van der Waals surface area (Å²) < 4.78 is 2.03. The highest BCUT2D eigenvalue weighted by atomic mass is 16.2. The Labute approximate surface area is 207 Å². The number of carbonyl (C=O) groups is 2. The summed E-state index contributed by atoms with van der Waals surface area (Å²) in [5.74, 6) is 0.0591. The summed E-state index contributed by atoms with van der Waals surface area (Å²) in [6.07, 6.45) is 1.98. The van der Waals surface area contributed by atoms with Crippen LogP contribution in [-0.4, -0.2) is 39.3 Å². The molecular weight excluding hydrogens is 434 g/mol. The standard InChI is InChI=1S/C30H33N3O2/c1-23(2)19-33(30(35)27-16-15-25-12-7-8-13-26(25)18-27)22-29(34)32(20-24-10-5-4-6-11-24)21-28-14-9-17-31(28)3/h4-18,23H,19-22H2,1-3H3. The molecule has 2 amide bonds. The monoisotopic (exact) mass is 467 g/mol. The van der Waals surface area contributed by atoms with E-state index in [9.17, 15) is 9.59 Å². The Hall–Kier alpha value is -3.86. The molecule has 0 bridgehead atoms. The molecule has 0 aliphatic heterocycles. The lowest BCUT2D eigenvalue weighted by Gasteiger charge is -2.29. The van der Waals surface area contributed by atoms with Gasteiger partial charge in [-0.1, -0.05) is 74.5 Å². The van der Waals surface area contributed by atoms with E-state index in [1.165, 1.54) is 0 Å². The van der Waals surface area contributed by atoms with Crippen LogP contribution in [0.25, 0.3) is 10.8 Å². The first kappa shape index (κ1) is 24.3. The van der Waals surface area contributed by atoms with Gasteiger partial charge in [-0.25, -0.2) is 0 Å². The van der Waals surface area contributed by atoms with Crippen molar-refractivity contribution in [3.05, 3.63) is 108 Å². The lowest BCUT2D eigenvalue weighted by molar-refractivity contribution is -0.133. The van der Waals surface area contributed by atoms with Crippen LogP contribution < -0.4 is 0 Å². The van der Waals surface area contributed by atoms with E-state index in [2.05, 4.69) is 13.8 Å². The molecule has 4 aromatic rings. The Kier molecular flexibility index (Phi) is 7.66. The zero-order chi connectivity index (χ0) is 24.8. The average molecular weight is 468 g/mol. The summed E-state index contributed by atoms with van der Waals surface area (Å²) in [6.45, 7) is 5.66. The quantitative estimate of drug-likeness (QED) is 0.326. The smallest absolute Gasteiger partial charge is 0.254 e. The molecule has 5 nitrogen and oxygen atoms in total. The molecule has 0 unspecified atom stereocenters. The molecule has 0 aliphatic rings. The van der Waals surface area contributed by atoms with Crippen molar-refractivity contribution >= 4 is 22.6 Å². The third kappa shape index (κ3) is 6.18. The summed E-state index contributed by atoms with van der Waals surface area (Å²) in [5.41, 5.74) is 2.71. The normalized spacial score (nSPS) is 11.1. The van der Waals surface area contributed by atoms with Gasteiger partial charge >= 0.3 is 0 Å². The third-order valence-electron chi connectivity index (χ3n) is 6.17. The first-order chi connectivity index (χ1) is 16.9. The lowest BCUT2D eigenvalue weighted by atomic mass is 10.1. The van der Waals surface area contributed by atoms with E-state index >= 15 is 0 Å². The zero-order valence-electron chi connectivity index (χ0n) is 20.7. The fourth-order valence-corrected chi connectivity index (χ4v) is 4.32. The Bertz CT molecular complexity index is 1290. The molecule has 35 heavy (non-hydrogen) atoms. The number of nitrogens with zero attached hydrogens (tertiary/aromatic N) is 3. The van der Waals surface area contributed by atoms with Crippen LogP contribution in [0.15, 0.2) is 91.1 Å². The predicted octanol–water partition coefficient (Wildman–Crippen LogP) is 5.51. The molecule has 1 aromatic heterocycles. The molecule has 0 saturated heterocycles. The van der Waals surface area contributed by atoms with Gasteiger partial charge in [0.05, 0.1) is 6.54 Å². The van der Waals surface area contributed by atoms with Gasteiger partial charge in [-0.15, -0.1) is 0 Å². The molecule has 180 valence electrons. The molecule has 0 spiro atoms. The fourth-order valence-electron chi connectivity index (χ4n) is 4.32. The minimum absolute atomic E-state index is 0.0428. The van der Waals surface area contributed by atoms with Crippen molar-refractivity contribution < 1.29 is 9.59 Å². The van der Waals surface area contributed by atoms with Crippen LogP contribution in [0.4, 0.5) is 0 Å². The third-order valence-corrected chi connectivity index (χ3v) is 6.17. The number of carbonyl (C=O) groups excluding carboxylic acids is 2. The Balaban J connectivity index is 1.58. The van der Waals surface area contributed by atoms with Gasteiger partial charge in [0, 0.05) is 37.6 Å². The molecule has 5 heteroatoms. The van der Waals surface area contributed by atoms with Crippen LogP contribution in [0.5, 0.6) is 0 Å². The van der Waals surface area contributed by atoms with Crippen LogP contribution in [0.1, 0.15) is 35.5 Å². The Morgan fingerprint density at radius 1 is 0.800 bits per heavy atom. The molecule has 4 rings (SSSR count). The van der Waals surface area contributed by atoms with E-state index in [1.54, 1.807) is 4.90 Å². The van der Waals surface area contributed by atoms with Gasteiger partial charge < -0.3 is 14.4 Å². The first-order valence-electron chi connectivity index (χ1n) is 12.1. The number of amides is 2. The zero-order valence-corrected chi connectivity index (χ0v) is 20.7. The summed E-state index contributed by atoms with van der Waals surface area (Å²) >= 11 is 0. The van der Waals surface area contributed by atoms with Crippen LogP contribution in [0, 0.1) is 5.92 Å². The van der Waals surface area contributed by atoms with E-state index in [0.29, 0.717) is 25.2 Å². The molecule has 3 aromatic carbocycles. The van der Waals surface area contributed by atoms with Crippen molar-refractivity contribution in [2.45, 2.75) is 26.9 Å². The van der Waals surface area contributed by atoms with Gasteiger partial charge in [0.25, 0.3) is 5.91 Å². The van der Waals surface area contributed by atoms with Crippen LogP contribution in [0.3, 0.4) is 0 Å². The minimum atomic E-state index is -0.115.